The molecule has 1 aromatic carbocycles. The lowest BCUT2D eigenvalue weighted by Crippen LogP contribution is -2.31. The fourth-order valence-electron chi connectivity index (χ4n) is 2.40. The fraction of sp³-hybridized carbons (Fsp3) is 0.176. The van der Waals surface area contributed by atoms with Crippen molar-refractivity contribution in [1.29, 1.82) is 0 Å². The van der Waals surface area contributed by atoms with Crippen molar-refractivity contribution >= 4 is 69.4 Å². The van der Waals surface area contributed by atoms with Gasteiger partial charge < -0.3 is 0 Å². The number of halogens is 2. The van der Waals surface area contributed by atoms with Crippen molar-refractivity contribution in [2.75, 3.05) is 4.90 Å². The predicted octanol–water partition coefficient (Wildman–Crippen LogP) is 5.48. The minimum absolute atomic E-state index is 0.176. The van der Waals surface area contributed by atoms with Crippen LogP contribution in [0.5, 0.6) is 0 Å². The zero-order valence-corrected chi connectivity index (χ0v) is 16.0. The number of nitrogens with zero attached hydrogens (tertiary/aromatic N) is 1. The molecule has 0 unspecified atom stereocenters. The first-order valence-electron chi connectivity index (χ1n) is 7.18. The Morgan fingerprint density at radius 2 is 1.75 bits per heavy atom. The summed E-state index contributed by atoms with van der Waals surface area (Å²) in [6, 6.07) is 8.41. The quantitative estimate of drug-likeness (QED) is 0.640. The van der Waals surface area contributed by atoms with Gasteiger partial charge in [-0.2, -0.15) is 0 Å². The van der Waals surface area contributed by atoms with Gasteiger partial charge in [-0.05, 0) is 29.6 Å². The average molecular weight is 398 g/mol. The predicted molar refractivity (Wildman–Crippen MR) is 103 cm³/mol. The second-order valence-corrected chi connectivity index (χ2v) is 8.83. The summed E-state index contributed by atoms with van der Waals surface area (Å²) >= 11 is 14.9. The Balaban J connectivity index is 2.11. The van der Waals surface area contributed by atoms with E-state index in [4.69, 9.17) is 23.2 Å². The molecule has 1 aromatic heterocycles. The molecule has 2 aromatic rings. The van der Waals surface area contributed by atoms with Crippen molar-refractivity contribution in [2.24, 2.45) is 0 Å². The standard InChI is InChI=1S/C17H13Cl2NO2S2/c1-9(2)24-15-14(13-4-3-5-23-13)16(21)20(17(15)22)12-7-10(18)6-11(19)8-12/h3-9H,1-2H3. The van der Waals surface area contributed by atoms with E-state index in [0.717, 1.165) is 9.78 Å². The minimum Gasteiger partial charge on any atom is -0.268 e. The number of hydrogen-bond acceptors (Lipinski definition) is 4. The van der Waals surface area contributed by atoms with E-state index in [1.165, 1.54) is 23.1 Å². The van der Waals surface area contributed by atoms with Crippen LogP contribution in [0.1, 0.15) is 18.7 Å². The molecule has 0 radical (unpaired) electrons. The lowest BCUT2D eigenvalue weighted by atomic mass is 10.2. The third-order valence-corrected chi connectivity index (χ3v) is 5.68. The van der Waals surface area contributed by atoms with Crippen LogP contribution < -0.4 is 4.90 Å². The molecular weight excluding hydrogens is 385 g/mol. The maximum absolute atomic E-state index is 13.0. The molecule has 0 fully saturated rings. The number of amides is 2. The molecule has 3 nitrogen and oxygen atoms in total. The fourth-order valence-corrected chi connectivity index (χ4v) is 4.72. The SMILES string of the molecule is CC(C)SC1=C(c2cccs2)C(=O)N(c2cc(Cl)cc(Cl)c2)C1=O. The number of imide groups is 1. The second kappa shape index (κ2) is 6.92. The van der Waals surface area contributed by atoms with Gasteiger partial charge in [-0.15, -0.1) is 23.1 Å². The number of carbonyl (C=O) groups excluding carboxylic acids is 2. The maximum atomic E-state index is 13.0. The molecule has 0 bridgehead atoms. The lowest BCUT2D eigenvalue weighted by molar-refractivity contribution is -0.119. The number of thiophene rings is 1. The molecule has 124 valence electrons. The zero-order valence-electron chi connectivity index (χ0n) is 12.9. The molecule has 0 spiro atoms. The van der Waals surface area contributed by atoms with Crippen LogP contribution in [0.4, 0.5) is 5.69 Å². The van der Waals surface area contributed by atoms with E-state index < -0.39 is 0 Å². The summed E-state index contributed by atoms with van der Waals surface area (Å²) in [5, 5.41) is 2.81. The highest BCUT2D eigenvalue weighted by Crippen LogP contribution is 2.41. The van der Waals surface area contributed by atoms with Crippen LogP contribution in [0.2, 0.25) is 10.0 Å². The normalized spacial score (nSPS) is 15.1. The molecule has 0 N–H and O–H groups in total. The zero-order chi connectivity index (χ0) is 17.4. The molecule has 0 aliphatic carbocycles. The van der Waals surface area contributed by atoms with Crippen LogP contribution in [-0.2, 0) is 9.59 Å². The van der Waals surface area contributed by atoms with Gasteiger partial charge in [0.2, 0.25) is 0 Å². The third-order valence-electron chi connectivity index (χ3n) is 3.27. The lowest BCUT2D eigenvalue weighted by Gasteiger charge is -2.16. The third kappa shape index (κ3) is 3.26. The molecule has 7 heteroatoms. The first-order chi connectivity index (χ1) is 11.4. The van der Waals surface area contributed by atoms with Gasteiger partial charge in [-0.25, -0.2) is 4.90 Å². The molecule has 3 rings (SSSR count). The molecule has 2 heterocycles. The monoisotopic (exact) mass is 397 g/mol. The summed E-state index contributed by atoms with van der Waals surface area (Å²) in [6.07, 6.45) is 0. The molecule has 0 saturated heterocycles. The van der Waals surface area contributed by atoms with E-state index in [1.54, 1.807) is 18.2 Å². The Morgan fingerprint density at radius 1 is 1.08 bits per heavy atom. The summed E-state index contributed by atoms with van der Waals surface area (Å²) in [7, 11) is 0. The molecule has 1 aliphatic heterocycles. The van der Waals surface area contributed by atoms with Crippen LogP contribution in [0.15, 0.2) is 40.6 Å². The van der Waals surface area contributed by atoms with Gasteiger partial charge in [0, 0.05) is 20.2 Å². The molecule has 0 saturated carbocycles. The molecular formula is C17H13Cl2NO2S2. The van der Waals surface area contributed by atoms with Crippen molar-refractivity contribution in [3.05, 3.63) is 55.5 Å². The van der Waals surface area contributed by atoms with E-state index in [0.29, 0.717) is 26.2 Å². The van der Waals surface area contributed by atoms with Crippen LogP contribution >= 0.6 is 46.3 Å². The number of benzene rings is 1. The summed E-state index contributed by atoms with van der Waals surface area (Å²) < 4.78 is 0. The van der Waals surface area contributed by atoms with Crippen molar-refractivity contribution in [3.63, 3.8) is 0 Å². The minimum atomic E-state index is -0.344. The van der Waals surface area contributed by atoms with E-state index >= 15 is 0 Å². The molecule has 24 heavy (non-hydrogen) atoms. The molecule has 2 amide bonds. The van der Waals surface area contributed by atoms with Gasteiger partial charge in [0.05, 0.1) is 16.2 Å². The van der Waals surface area contributed by atoms with Crippen LogP contribution in [0.25, 0.3) is 5.57 Å². The van der Waals surface area contributed by atoms with Crippen molar-refractivity contribution in [2.45, 2.75) is 19.1 Å². The summed E-state index contributed by atoms with van der Waals surface area (Å²) in [4.78, 5) is 28.3. The Labute approximate surface area is 158 Å². The summed E-state index contributed by atoms with van der Waals surface area (Å²) in [5.74, 6) is -0.677. The van der Waals surface area contributed by atoms with Crippen LogP contribution in [0.3, 0.4) is 0 Å². The van der Waals surface area contributed by atoms with Crippen LogP contribution in [0, 0.1) is 0 Å². The van der Waals surface area contributed by atoms with Gasteiger partial charge in [-0.3, -0.25) is 9.59 Å². The van der Waals surface area contributed by atoms with Gasteiger partial charge in [-0.1, -0.05) is 43.1 Å². The van der Waals surface area contributed by atoms with Crippen molar-refractivity contribution in [1.82, 2.24) is 0 Å². The number of hydrogen-bond donors (Lipinski definition) is 0. The Kier molecular flexibility index (Phi) is 5.06. The number of rotatable bonds is 4. The Morgan fingerprint density at radius 3 is 2.29 bits per heavy atom. The van der Waals surface area contributed by atoms with Crippen molar-refractivity contribution < 1.29 is 9.59 Å². The number of thioether (sulfide) groups is 1. The van der Waals surface area contributed by atoms with Crippen LogP contribution in [-0.4, -0.2) is 17.1 Å². The van der Waals surface area contributed by atoms with E-state index in [-0.39, 0.29) is 17.1 Å². The Hall–Kier alpha value is -1.27. The molecule has 1 aliphatic rings. The van der Waals surface area contributed by atoms with E-state index in [9.17, 15) is 9.59 Å². The highest BCUT2D eigenvalue weighted by atomic mass is 35.5. The van der Waals surface area contributed by atoms with Gasteiger partial charge >= 0.3 is 0 Å². The maximum Gasteiger partial charge on any atom is 0.272 e. The Bertz CT molecular complexity index is 824. The van der Waals surface area contributed by atoms with Gasteiger partial charge in [0.1, 0.15) is 0 Å². The topological polar surface area (TPSA) is 37.4 Å². The van der Waals surface area contributed by atoms with E-state index in [1.807, 2.05) is 31.4 Å². The van der Waals surface area contributed by atoms with Gasteiger partial charge in [0.15, 0.2) is 0 Å². The number of carbonyl (C=O) groups is 2. The second-order valence-electron chi connectivity index (χ2n) is 5.42. The highest BCUT2D eigenvalue weighted by molar-refractivity contribution is 8.04. The smallest absolute Gasteiger partial charge is 0.268 e. The summed E-state index contributed by atoms with van der Waals surface area (Å²) in [6.45, 7) is 3.97. The van der Waals surface area contributed by atoms with Gasteiger partial charge in [0.25, 0.3) is 11.8 Å². The summed E-state index contributed by atoms with van der Waals surface area (Å²) in [5.41, 5.74) is 0.834. The first-order valence-corrected chi connectivity index (χ1v) is 9.69. The van der Waals surface area contributed by atoms with E-state index in [2.05, 4.69) is 0 Å². The average Bonchev–Trinajstić information content (AvgIpc) is 3.05. The number of anilines is 1. The largest absolute Gasteiger partial charge is 0.272 e. The highest BCUT2D eigenvalue weighted by Gasteiger charge is 2.41. The van der Waals surface area contributed by atoms with Crippen molar-refractivity contribution in [3.8, 4) is 0 Å². The first kappa shape index (κ1) is 17.5. The molecule has 0 atom stereocenters.